The number of carbonyl (C=O) groups excluding carboxylic acids is 1. The van der Waals surface area contributed by atoms with Crippen LogP contribution in [-0.4, -0.2) is 25.1 Å². The minimum Gasteiger partial charge on any atom is -0.490 e. The number of hydrogen-bond donors (Lipinski definition) is 0. The lowest BCUT2D eigenvalue weighted by Crippen LogP contribution is -2.14. The number of carbonyl (C=O) groups is 1. The van der Waals surface area contributed by atoms with Crippen molar-refractivity contribution in [2.75, 3.05) is 19.1 Å². The number of hydrogen-bond acceptors (Lipinski definition) is 3. The van der Waals surface area contributed by atoms with Crippen LogP contribution in [0.5, 0.6) is 5.75 Å². The van der Waals surface area contributed by atoms with Gasteiger partial charge in [0.2, 0.25) is 0 Å². The maximum atomic E-state index is 12.1. The Labute approximate surface area is 212 Å². The zero-order valence-corrected chi connectivity index (χ0v) is 20.3. The summed E-state index contributed by atoms with van der Waals surface area (Å²) in [5, 5.41) is 0. The van der Waals surface area contributed by atoms with Gasteiger partial charge in [-0.3, -0.25) is 0 Å². The lowest BCUT2D eigenvalue weighted by Gasteiger charge is -2.28. The Morgan fingerprint density at radius 1 is 0.657 bits per heavy atom. The summed E-state index contributed by atoms with van der Waals surface area (Å²) in [6.07, 6.45) is 0.871. The molecule has 0 spiro atoms. The van der Waals surface area contributed by atoms with Gasteiger partial charge in [-0.1, -0.05) is 91.0 Å². The largest absolute Gasteiger partial charge is 0.490 e. The Morgan fingerprint density at radius 2 is 1.20 bits per heavy atom. The first-order valence-electron chi connectivity index (χ1n) is 11.9. The molecule has 4 aromatic carbocycles. The van der Waals surface area contributed by atoms with E-state index in [2.05, 4.69) is 60.7 Å². The Bertz CT molecular complexity index is 1160. The Kier molecular flexibility index (Phi) is 8.97. The molecule has 0 heterocycles. The lowest BCUT2D eigenvalue weighted by molar-refractivity contribution is 0.0450. The van der Waals surface area contributed by atoms with E-state index in [4.69, 9.17) is 21.1 Å². The van der Waals surface area contributed by atoms with Crippen LogP contribution in [0.15, 0.2) is 115 Å². The molecule has 2 unspecified atom stereocenters. The van der Waals surface area contributed by atoms with E-state index in [9.17, 15) is 4.79 Å². The van der Waals surface area contributed by atoms with Gasteiger partial charge in [0, 0.05) is 11.8 Å². The molecule has 0 saturated heterocycles. The van der Waals surface area contributed by atoms with Crippen molar-refractivity contribution in [3.05, 3.63) is 138 Å². The molecular formula is C31H29ClO3. The second-order valence-electron chi connectivity index (χ2n) is 8.30. The van der Waals surface area contributed by atoms with Crippen LogP contribution in [0.4, 0.5) is 0 Å². The van der Waals surface area contributed by atoms with Crippen LogP contribution >= 0.6 is 11.6 Å². The number of esters is 1. The lowest BCUT2D eigenvalue weighted by atomic mass is 9.76. The molecule has 3 nitrogen and oxygen atoms in total. The third-order valence-electron chi connectivity index (χ3n) is 6.04. The first kappa shape index (κ1) is 24.6. The van der Waals surface area contributed by atoms with Crippen molar-refractivity contribution >= 4 is 17.6 Å². The van der Waals surface area contributed by atoms with Gasteiger partial charge in [0.25, 0.3) is 0 Å². The van der Waals surface area contributed by atoms with Gasteiger partial charge in [-0.15, -0.1) is 11.6 Å². The van der Waals surface area contributed by atoms with Crippen LogP contribution in [-0.2, 0) is 4.74 Å². The van der Waals surface area contributed by atoms with Gasteiger partial charge < -0.3 is 9.47 Å². The molecule has 2 atom stereocenters. The number of benzene rings is 4. The molecule has 0 bridgehead atoms. The minimum atomic E-state index is -0.346. The topological polar surface area (TPSA) is 35.5 Å². The molecule has 4 aromatic rings. The second kappa shape index (κ2) is 12.8. The van der Waals surface area contributed by atoms with Gasteiger partial charge in [0.05, 0.1) is 5.56 Å². The van der Waals surface area contributed by atoms with Gasteiger partial charge in [0.15, 0.2) is 0 Å². The predicted octanol–water partition coefficient (Wildman–Crippen LogP) is 7.47. The van der Waals surface area contributed by atoms with Crippen LogP contribution in [0.2, 0.25) is 0 Å². The van der Waals surface area contributed by atoms with Crippen LogP contribution in [0.25, 0.3) is 0 Å². The van der Waals surface area contributed by atoms with E-state index in [-0.39, 0.29) is 24.4 Å². The molecule has 35 heavy (non-hydrogen) atoms. The van der Waals surface area contributed by atoms with Crippen LogP contribution in [0, 0.1) is 0 Å². The molecule has 0 N–H and O–H groups in total. The quantitative estimate of drug-likeness (QED) is 0.126. The molecule has 0 aromatic heterocycles. The number of rotatable bonds is 11. The van der Waals surface area contributed by atoms with E-state index >= 15 is 0 Å². The molecule has 0 fully saturated rings. The monoisotopic (exact) mass is 484 g/mol. The summed E-state index contributed by atoms with van der Waals surface area (Å²) in [6.45, 7) is 0.479. The summed E-state index contributed by atoms with van der Waals surface area (Å²) in [5.74, 6) is 1.40. The molecule has 4 heteroatoms. The second-order valence-corrected chi connectivity index (χ2v) is 8.68. The maximum absolute atomic E-state index is 12.1. The van der Waals surface area contributed by atoms with Crippen molar-refractivity contribution < 1.29 is 14.3 Å². The van der Waals surface area contributed by atoms with E-state index in [1.807, 2.05) is 42.5 Å². The molecule has 178 valence electrons. The maximum Gasteiger partial charge on any atom is 0.338 e. The minimum absolute atomic E-state index is 0.165. The van der Waals surface area contributed by atoms with Crippen LogP contribution in [0.1, 0.15) is 45.3 Å². The third kappa shape index (κ3) is 6.74. The average Bonchev–Trinajstić information content (AvgIpc) is 2.93. The molecule has 0 aliphatic carbocycles. The normalized spacial score (nSPS) is 12.5. The van der Waals surface area contributed by atoms with Crippen molar-refractivity contribution in [1.29, 1.82) is 0 Å². The van der Waals surface area contributed by atoms with Crippen molar-refractivity contribution in [1.82, 2.24) is 0 Å². The van der Waals surface area contributed by atoms with E-state index in [0.29, 0.717) is 18.1 Å². The van der Waals surface area contributed by atoms with Gasteiger partial charge >= 0.3 is 5.97 Å². The molecule has 4 rings (SSSR count). The van der Waals surface area contributed by atoms with E-state index in [1.165, 1.54) is 16.7 Å². The van der Waals surface area contributed by atoms with Crippen molar-refractivity contribution in [3.63, 3.8) is 0 Å². The number of ether oxygens (including phenoxy) is 2. The standard InChI is InChI=1S/C31H29ClO3/c32-21-20-29(24-10-4-1-5-11-24)30(25-12-6-2-7-13-25)26-16-18-28(19-17-26)34-22-23-35-31(33)27-14-8-3-9-15-27/h1-19,29-30H,20-23H2. The Morgan fingerprint density at radius 3 is 1.80 bits per heavy atom. The molecular weight excluding hydrogens is 456 g/mol. The zero-order chi connectivity index (χ0) is 24.3. The summed E-state index contributed by atoms with van der Waals surface area (Å²) < 4.78 is 11.1. The molecule has 0 saturated carbocycles. The predicted molar refractivity (Wildman–Crippen MR) is 141 cm³/mol. The summed E-state index contributed by atoms with van der Waals surface area (Å²) in [6, 6.07) is 38.3. The highest BCUT2D eigenvalue weighted by atomic mass is 35.5. The Balaban J connectivity index is 1.45. The summed E-state index contributed by atoms with van der Waals surface area (Å²) >= 11 is 6.27. The molecule has 0 aliphatic rings. The summed E-state index contributed by atoms with van der Waals surface area (Å²) in [5.41, 5.74) is 4.28. The fourth-order valence-electron chi connectivity index (χ4n) is 4.38. The van der Waals surface area contributed by atoms with E-state index < -0.39 is 0 Å². The van der Waals surface area contributed by atoms with Crippen LogP contribution < -0.4 is 4.74 Å². The van der Waals surface area contributed by atoms with Crippen molar-refractivity contribution in [2.24, 2.45) is 0 Å². The van der Waals surface area contributed by atoms with Gasteiger partial charge in [-0.2, -0.15) is 0 Å². The molecule has 0 aliphatic heterocycles. The highest BCUT2D eigenvalue weighted by molar-refractivity contribution is 6.17. The fourth-order valence-corrected chi connectivity index (χ4v) is 4.62. The van der Waals surface area contributed by atoms with Crippen LogP contribution in [0.3, 0.4) is 0 Å². The first-order valence-corrected chi connectivity index (χ1v) is 12.4. The summed E-state index contributed by atoms with van der Waals surface area (Å²) in [7, 11) is 0. The highest BCUT2D eigenvalue weighted by Crippen LogP contribution is 2.41. The van der Waals surface area contributed by atoms with Gasteiger partial charge in [0.1, 0.15) is 19.0 Å². The SMILES string of the molecule is O=C(OCCOc1ccc(C(c2ccccc2)C(CCCl)c2ccccc2)cc1)c1ccccc1. The fraction of sp³-hybridized carbons (Fsp3) is 0.194. The highest BCUT2D eigenvalue weighted by Gasteiger charge is 2.26. The molecule has 0 radical (unpaired) electrons. The van der Waals surface area contributed by atoms with Crippen molar-refractivity contribution in [3.8, 4) is 5.75 Å². The van der Waals surface area contributed by atoms with Gasteiger partial charge in [-0.05, 0) is 53.3 Å². The number of alkyl halides is 1. The van der Waals surface area contributed by atoms with E-state index in [0.717, 1.165) is 12.2 Å². The third-order valence-corrected chi connectivity index (χ3v) is 6.26. The zero-order valence-electron chi connectivity index (χ0n) is 19.6. The average molecular weight is 485 g/mol. The molecule has 0 amide bonds. The summed E-state index contributed by atoms with van der Waals surface area (Å²) in [4.78, 5) is 12.1. The van der Waals surface area contributed by atoms with E-state index in [1.54, 1.807) is 12.1 Å². The first-order chi connectivity index (χ1) is 17.3. The van der Waals surface area contributed by atoms with Gasteiger partial charge in [-0.25, -0.2) is 4.79 Å². The Hall–Kier alpha value is -3.56. The smallest absolute Gasteiger partial charge is 0.338 e. The number of halogens is 1. The van der Waals surface area contributed by atoms with Crippen molar-refractivity contribution in [2.45, 2.75) is 18.3 Å².